The molecule has 10 rings (SSSR count). The number of nitrogens with zero attached hydrogens (tertiary/aromatic N) is 9. The number of carbonyl (C=O) groups excluding carboxylic acids is 3. The van der Waals surface area contributed by atoms with Gasteiger partial charge in [-0.25, -0.2) is 18.4 Å². The summed E-state index contributed by atoms with van der Waals surface area (Å²) in [4.78, 5) is 58.6. The van der Waals surface area contributed by atoms with E-state index in [1.807, 2.05) is 24.9 Å². The summed E-state index contributed by atoms with van der Waals surface area (Å²) in [6, 6.07) is 10.9. The molecule has 17 heteroatoms. The van der Waals surface area contributed by atoms with E-state index in [-0.39, 0.29) is 42.9 Å². The number of aryl methyl sites for hydroxylation is 3. The van der Waals surface area contributed by atoms with Gasteiger partial charge in [-0.05, 0) is 88.1 Å². The van der Waals surface area contributed by atoms with E-state index in [4.69, 9.17) is 14.7 Å². The molecule has 2 N–H and O–H groups in total. The first-order chi connectivity index (χ1) is 29.9. The fraction of sp³-hybridized carbons (Fsp3) is 0.489. The van der Waals surface area contributed by atoms with Crippen molar-refractivity contribution in [3.63, 3.8) is 0 Å². The number of hydrogen-bond acceptors (Lipinski definition) is 11. The van der Waals surface area contributed by atoms with E-state index >= 15 is 8.78 Å². The first kappa shape index (κ1) is 40.1. The summed E-state index contributed by atoms with van der Waals surface area (Å²) in [6.45, 7) is 8.40. The highest BCUT2D eigenvalue weighted by Gasteiger charge is 2.37. The Hall–Kier alpha value is -5.97. The number of aromatic nitrogens is 6. The lowest BCUT2D eigenvalue weighted by molar-refractivity contribution is -0.134. The normalized spacial score (nSPS) is 24.8. The number of ether oxygens (including phenoxy) is 1. The number of rotatable bonds is 4. The van der Waals surface area contributed by atoms with Crippen molar-refractivity contribution in [3.05, 3.63) is 71.1 Å². The van der Waals surface area contributed by atoms with Crippen LogP contribution in [0.3, 0.4) is 0 Å². The zero-order valence-electron chi connectivity index (χ0n) is 35.2. The van der Waals surface area contributed by atoms with Crippen molar-refractivity contribution in [3.8, 4) is 17.1 Å². The molecule has 4 bridgehead atoms. The minimum Gasteiger partial charge on any atom is -0.477 e. The number of carbonyl (C=O) groups is 3. The minimum absolute atomic E-state index is 0.0277. The van der Waals surface area contributed by atoms with Gasteiger partial charge in [0, 0.05) is 81.8 Å². The van der Waals surface area contributed by atoms with Gasteiger partial charge in [0.05, 0.1) is 64.6 Å². The second kappa shape index (κ2) is 16.1. The van der Waals surface area contributed by atoms with Gasteiger partial charge in [-0.15, -0.1) is 0 Å². The Bertz CT molecular complexity index is 2590. The number of nitrogens with one attached hydrogen (secondary N) is 2. The summed E-state index contributed by atoms with van der Waals surface area (Å²) in [7, 11) is 1.86. The third-order valence-corrected chi connectivity index (χ3v) is 13.6. The molecule has 1 saturated carbocycles. The van der Waals surface area contributed by atoms with Gasteiger partial charge in [-0.2, -0.15) is 5.10 Å². The number of anilines is 3. The van der Waals surface area contributed by atoms with Crippen LogP contribution in [0.2, 0.25) is 0 Å². The van der Waals surface area contributed by atoms with Crippen molar-refractivity contribution in [1.29, 1.82) is 0 Å². The Morgan fingerprint density at radius 3 is 2.48 bits per heavy atom. The molecular formula is C45H51F2N11O4. The average Bonchev–Trinajstić information content (AvgIpc) is 3.96. The molecule has 1 unspecified atom stereocenters. The number of pyridine rings is 2. The fourth-order valence-corrected chi connectivity index (χ4v) is 10.4. The van der Waals surface area contributed by atoms with Gasteiger partial charge in [0.1, 0.15) is 12.0 Å². The fourth-order valence-electron chi connectivity index (χ4n) is 10.4. The lowest BCUT2D eigenvalue weighted by Gasteiger charge is -2.45. The molecule has 3 amide bonds. The standard InChI is InChI=1S/C45H51F2N11O4/c1-25-16-29-18-36(49-25)32-21-48-54(3)44(32)62-24-28-5-4-27(17-28)22-58-39-19-30(6-8-35(39)51-45(58)53-42(29)60)55-12-14-56(15-13-55)37-10-11-57(23-34(37)47)38-20-33(46)41(50-26(38)2)31-7-9-40(59)52-43(31)61/h6,8,16,18-21,27-28,31,34,37H,4-5,7,9-15,17,22-24H2,1-3H3,(H,51,53,60)(H,52,59,61)/t27-,28+,31?,34-,37+/m1/s1. The maximum Gasteiger partial charge on any atom is 0.258 e. The van der Waals surface area contributed by atoms with Gasteiger partial charge < -0.3 is 19.1 Å². The van der Waals surface area contributed by atoms with Crippen molar-refractivity contribution in [2.75, 3.05) is 61.0 Å². The van der Waals surface area contributed by atoms with Crippen LogP contribution < -0.4 is 25.2 Å². The first-order valence-corrected chi connectivity index (χ1v) is 21.8. The Kier molecular flexibility index (Phi) is 10.4. The molecule has 5 atom stereocenters. The minimum atomic E-state index is -1.15. The van der Waals surface area contributed by atoms with Crippen molar-refractivity contribution in [2.24, 2.45) is 18.9 Å². The molecule has 4 aromatic heterocycles. The van der Waals surface area contributed by atoms with Crippen molar-refractivity contribution in [1.82, 2.24) is 39.5 Å². The number of hydrogen-bond donors (Lipinski definition) is 2. The molecule has 15 nitrogen and oxygen atoms in total. The molecule has 62 heavy (non-hydrogen) atoms. The molecule has 5 aromatic rings. The van der Waals surface area contributed by atoms with Gasteiger partial charge in [-0.3, -0.25) is 39.9 Å². The Morgan fingerprint density at radius 1 is 0.855 bits per heavy atom. The van der Waals surface area contributed by atoms with E-state index < -0.39 is 23.8 Å². The Morgan fingerprint density at radius 2 is 1.68 bits per heavy atom. The average molecular weight is 848 g/mol. The maximum absolute atomic E-state index is 16.1. The van der Waals surface area contributed by atoms with Crippen LogP contribution in [0, 0.1) is 31.5 Å². The van der Waals surface area contributed by atoms with E-state index in [9.17, 15) is 14.4 Å². The molecule has 324 valence electrons. The second-order valence-corrected chi connectivity index (χ2v) is 17.7. The van der Waals surface area contributed by atoms with Crippen LogP contribution in [-0.4, -0.2) is 110 Å². The van der Waals surface area contributed by atoms with Gasteiger partial charge in [-0.1, -0.05) is 0 Å². The predicted molar refractivity (Wildman–Crippen MR) is 229 cm³/mol. The monoisotopic (exact) mass is 847 g/mol. The zero-order valence-corrected chi connectivity index (χ0v) is 35.2. The van der Waals surface area contributed by atoms with Crippen LogP contribution in [-0.2, 0) is 23.2 Å². The van der Waals surface area contributed by atoms with Crippen molar-refractivity contribution in [2.45, 2.75) is 77.0 Å². The smallest absolute Gasteiger partial charge is 0.258 e. The quantitative estimate of drug-likeness (QED) is 0.227. The third kappa shape index (κ3) is 7.53. The molecule has 0 spiro atoms. The van der Waals surface area contributed by atoms with E-state index in [1.165, 1.54) is 6.07 Å². The molecule has 4 aliphatic heterocycles. The summed E-state index contributed by atoms with van der Waals surface area (Å²) in [5, 5.41) is 9.88. The van der Waals surface area contributed by atoms with E-state index in [2.05, 4.69) is 47.2 Å². The SMILES string of the molecule is Cc1cc2cc(n1)-c1cnn(C)c1OC[C@H]1CC[C@H](C1)Cn1c(nc3ccc(N4CCN([C@H]5CCN(c6cc(F)c(C7CCC(=O)NC7=O)nc6C)C[C@H]5F)CC4)cc31)NC2=O. The first-order valence-electron chi connectivity index (χ1n) is 21.8. The lowest BCUT2D eigenvalue weighted by Crippen LogP contribution is -2.58. The van der Waals surface area contributed by atoms with Crippen molar-refractivity contribution < 1.29 is 27.9 Å². The molecule has 8 heterocycles. The number of alkyl halides is 1. The molecule has 1 aromatic carbocycles. The number of fused-ring (bicyclic) bond motifs is 9. The van der Waals surface area contributed by atoms with E-state index in [0.29, 0.717) is 91.2 Å². The van der Waals surface area contributed by atoms with Crippen LogP contribution in [0.5, 0.6) is 5.88 Å². The van der Waals surface area contributed by atoms with Gasteiger partial charge in [0.25, 0.3) is 5.91 Å². The Labute approximate surface area is 357 Å². The van der Waals surface area contributed by atoms with Gasteiger partial charge in [0.2, 0.25) is 23.6 Å². The zero-order chi connectivity index (χ0) is 42.8. The summed E-state index contributed by atoms with van der Waals surface area (Å²) in [5.41, 5.74) is 6.45. The maximum atomic E-state index is 16.1. The van der Waals surface area contributed by atoms with Crippen molar-refractivity contribution >= 4 is 46.1 Å². The molecule has 1 aliphatic carbocycles. The van der Waals surface area contributed by atoms with Crippen LogP contribution in [0.25, 0.3) is 22.3 Å². The van der Waals surface area contributed by atoms with Gasteiger partial charge in [0.15, 0.2) is 0 Å². The molecule has 4 fully saturated rings. The number of piperidine rings is 2. The van der Waals surface area contributed by atoms with E-state index in [0.717, 1.165) is 54.6 Å². The summed E-state index contributed by atoms with van der Waals surface area (Å²) < 4.78 is 41.8. The summed E-state index contributed by atoms with van der Waals surface area (Å²) in [5.74, 6) is -0.705. The van der Waals surface area contributed by atoms with E-state index in [1.54, 1.807) is 29.9 Å². The molecule has 0 radical (unpaired) electrons. The molecule has 3 saturated heterocycles. The lowest BCUT2D eigenvalue weighted by atomic mass is 9.93. The topological polar surface area (TPSA) is 156 Å². The number of imidazole rings is 1. The number of halogens is 2. The highest BCUT2D eigenvalue weighted by molar-refractivity contribution is 6.05. The van der Waals surface area contributed by atoms with Crippen LogP contribution in [0.4, 0.5) is 26.1 Å². The molecular weight excluding hydrogens is 797 g/mol. The third-order valence-electron chi connectivity index (χ3n) is 13.6. The highest BCUT2D eigenvalue weighted by atomic mass is 19.1. The number of benzene rings is 1. The predicted octanol–water partition coefficient (Wildman–Crippen LogP) is 5.30. The van der Waals surface area contributed by atoms with Gasteiger partial charge >= 0.3 is 0 Å². The van der Waals surface area contributed by atoms with Crippen LogP contribution in [0.15, 0.2) is 42.6 Å². The van der Waals surface area contributed by atoms with Crippen LogP contribution >= 0.6 is 0 Å². The summed E-state index contributed by atoms with van der Waals surface area (Å²) >= 11 is 0. The number of piperazine rings is 1. The van der Waals surface area contributed by atoms with Crippen LogP contribution in [0.1, 0.15) is 71.9 Å². The summed E-state index contributed by atoms with van der Waals surface area (Å²) in [6.07, 6.45) is 4.59. The second-order valence-electron chi connectivity index (χ2n) is 17.7. The Balaban J connectivity index is 0.836. The highest BCUT2D eigenvalue weighted by Crippen LogP contribution is 2.38. The largest absolute Gasteiger partial charge is 0.477 e. The number of amides is 3. The number of imide groups is 1. The molecule has 5 aliphatic rings.